The second kappa shape index (κ2) is 4.69. The average molecular weight is 239 g/mol. The van der Waals surface area contributed by atoms with Crippen molar-refractivity contribution < 1.29 is 0 Å². The van der Waals surface area contributed by atoms with Crippen LogP contribution < -0.4 is 10.6 Å². The van der Waals surface area contributed by atoms with Crippen LogP contribution in [-0.2, 0) is 13.0 Å². The van der Waals surface area contributed by atoms with Gasteiger partial charge in [-0.2, -0.15) is 0 Å². The van der Waals surface area contributed by atoms with Gasteiger partial charge in [0.1, 0.15) is 0 Å². The van der Waals surface area contributed by atoms with E-state index < -0.39 is 0 Å². The maximum Gasteiger partial charge on any atom is 0.0430 e. The monoisotopic (exact) mass is 239 g/mol. The maximum atomic E-state index is 5.90. The summed E-state index contributed by atoms with van der Waals surface area (Å²) in [5.74, 6) is 0. The van der Waals surface area contributed by atoms with Gasteiger partial charge >= 0.3 is 0 Å². The fraction of sp³-hybridized carbons (Fsp3) is 0.267. The van der Waals surface area contributed by atoms with Gasteiger partial charge in [0, 0.05) is 36.9 Å². The Kier molecular flexibility index (Phi) is 2.89. The van der Waals surface area contributed by atoms with Crippen LogP contribution >= 0.6 is 0 Å². The number of fused-ring (bicyclic) bond motifs is 1. The van der Waals surface area contributed by atoms with Crippen LogP contribution in [0.5, 0.6) is 0 Å². The Morgan fingerprint density at radius 2 is 2.00 bits per heavy atom. The molecule has 2 aromatic rings. The standard InChI is InChI=1S/C15H17N3/c16-14-4-3-13-2-1-9-18(15(13)10-14)11-12-5-7-17-8-6-12/h3-8,10H,1-2,9,11,16H2. The molecule has 2 N–H and O–H groups in total. The molecule has 92 valence electrons. The number of pyridine rings is 1. The molecule has 1 aliphatic heterocycles. The minimum absolute atomic E-state index is 0.843. The van der Waals surface area contributed by atoms with Crippen molar-refractivity contribution in [2.45, 2.75) is 19.4 Å². The number of nitrogen functional groups attached to an aromatic ring is 1. The van der Waals surface area contributed by atoms with Crippen molar-refractivity contribution >= 4 is 11.4 Å². The van der Waals surface area contributed by atoms with Gasteiger partial charge in [-0.05, 0) is 48.2 Å². The average Bonchev–Trinajstić information content (AvgIpc) is 2.41. The van der Waals surface area contributed by atoms with Gasteiger partial charge in [0.25, 0.3) is 0 Å². The predicted molar refractivity (Wildman–Crippen MR) is 74.5 cm³/mol. The lowest BCUT2D eigenvalue weighted by atomic mass is 10.0. The smallest absolute Gasteiger partial charge is 0.0430 e. The van der Waals surface area contributed by atoms with Crippen LogP contribution in [0.3, 0.4) is 0 Å². The van der Waals surface area contributed by atoms with Crippen molar-refractivity contribution in [1.82, 2.24) is 4.98 Å². The van der Waals surface area contributed by atoms with E-state index in [1.54, 1.807) is 0 Å². The Labute approximate surface area is 107 Å². The third-order valence-electron chi connectivity index (χ3n) is 3.45. The lowest BCUT2D eigenvalue weighted by molar-refractivity contribution is 0.691. The van der Waals surface area contributed by atoms with Crippen LogP contribution in [0.25, 0.3) is 0 Å². The van der Waals surface area contributed by atoms with Gasteiger partial charge in [-0.15, -0.1) is 0 Å². The van der Waals surface area contributed by atoms with E-state index in [1.165, 1.54) is 23.2 Å². The molecular weight excluding hydrogens is 222 g/mol. The number of hydrogen-bond donors (Lipinski definition) is 1. The molecule has 0 amide bonds. The normalized spacial score (nSPS) is 14.3. The molecule has 2 heterocycles. The Bertz CT molecular complexity index is 537. The van der Waals surface area contributed by atoms with Gasteiger partial charge in [0.05, 0.1) is 0 Å². The number of aryl methyl sites for hydroxylation is 1. The summed E-state index contributed by atoms with van der Waals surface area (Å²) in [4.78, 5) is 6.47. The zero-order chi connectivity index (χ0) is 12.4. The fourth-order valence-electron chi connectivity index (χ4n) is 2.54. The molecule has 0 saturated heterocycles. The van der Waals surface area contributed by atoms with E-state index in [4.69, 9.17) is 5.73 Å². The molecule has 0 saturated carbocycles. The summed E-state index contributed by atoms with van der Waals surface area (Å²) in [5, 5.41) is 0. The zero-order valence-electron chi connectivity index (χ0n) is 10.3. The number of hydrogen-bond acceptors (Lipinski definition) is 3. The van der Waals surface area contributed by atoms with Crippen molar-refractivity contribution in [1.29, 1.82) is 0 Å². The Morgan fingerprint density at radius 3 is 2.83 bits per heavy atom. The molecule has 0 aliphatic carbocycles. The number of benzene rings is 1. The molecule has 18 heavy (non-hydrogen) atoms. The second-order valence-electron chi connectivity index (χ2n) is 4.77. The molecule has 3 heteroatoms. The van der Waals surface area contributed by atoms with Crippen molar-refractivity contribution in [3.8, 4) is 0 Å². The molecule has 0 unspecified atom stereocenters. The summed E-state index contributed by atoms with van der Waals surface area (Å²) in [6.07, 6.45) is 6.06. The molecule has 0 bridgehead atoms. The number of rotatable bonds is 2. The van der Waals surface area contributed by atoms with E-state index in [2.05, 4.69) is 34.1 Å². The van der Waals surface area contributed by atoms with Gasteiger partial charge in [0.2, 0.25) is 0 Å². The molecule has 3 nitrogen and oxygen atoms in total. The van der Waals surface area contributed by atoms with E-state index in [-0.39, 0.29) is 0 Å². The number of nitrogens with zero attached hydrogens (tertiary/aromatic N) is 2. The van der Waals surface area contributed by atoms with Crippen LogP contribution in [0.4, 0.5) is 11.4 Å². The molecule has 0 spiro atoms. The van der Waals surface area contributed by atoms with Crippen LogP contribution in [-0.4, -0.2) is 11.5 Å². The molecule has 0 radical (unpaired) electrons. The first-order chi connectivity index (χ1) is 8.83. The van der Waals surface area contributed by atoms with Crippen molar-refractivity contribution in [2.75, 3.05) is 17.2 Å². The number of nitrogens with two attached hydrogens (primary N) is 1. The second-order valence-corrected chi connectivity index (χ2v) is 4.77. The number of anilines is 2. The van der Waals surface area contributed by atoms with Crippen molar-refractivity contribution in [3.63, 3.8) is 0 Å². The summed E-state index contributed by atoms with van der Waals surface area (Å²) in [5.41, 5.74) is 10.7. The maximum absolute atomic E-state index is 5.90. The third-order valence-corrected chi connectivity index (χ3v) is 3.45. The first kappa shape index (κ1) is 11.1. The van der Waals surface area contributed by atoms with Crippen LogP contribution in [0.2, 0.25) is 0 Å². The molecule has 0 fully saturated rings. The highest BCUT2D eigenvalue weighted by atomic mass is 15.1. The lowest BCUT2D eigenvalue weighted by Gasteiger charge is -2.31. The molecule has 1 aromatic heterocycles. The van der Waals surface area contributed by atoms with Gasteiger partial charge in [-0.25, -0.2) is 0 Å². The van der Waals surface area contributed by atoms with E-state index >= 15 is 0 Å². The van der Waals surface area contributed by atoms with Gasteiger partial charge in [0.15, 0.2) is 0 Å². The predicted octanol–water partition coefficient (Wildman–Crippen LogP) is 2.62. The molecule has 3 rings (SSSR count). The largest absolute Gasteiger partial charge is 0.399 e. The highest BCUT2D eigenvalue weighted by Crippen LogP contribution is 2.30. The van der Waals surface area contributed by atoms with Crippen molar-refractivity contribution in [3.05, 3.63) is 53.9 Å². The van der Waals surface area contributed by atoms with Crippen LogP contribution in [0.1, 0.15) is 17.5 Å². The fourth-order valence-corrected chi connectivity index (χ4v) is 2.54. The molecule has 1 aromatic carbocycles. The van der Waals surface area contributed by atoms with Crippen LogP contribution in [0, 0.1) is 0 Å². The van der Waals surface area contributed by atoms with Crippen LogP contribution in [0.15, 0.2) is 42.7 Å². The van der Waals surface area contributed by atoms with Gasteiger partial charge < -0.3 is 10.6 Å². The first-order valence-electron chi connectivity index (χ1n) is 6.35. The highest BCUT2D eigenvalue weighted by molar-refractivity contribution is 5.62. The number of aromatic nitrogens is 1. The summed E-state index contributed by atoms with van der Waals surface area (Å²) in [6, 6.07) is 10.4. The molecule has 1 aliphatic rings. The summed E-state index contributed by atoms with van der Waals surface area (Å²) >= 11 is 0. The summed E-state index contributed by atoms with van der Waals surface area (Å²) < 4.78 is 0. The minimum atomic E-state index is 0.843. The van der Waals surface area contributed by atoms with E-state index in [1.807, 2.05) is 18.5 Å². The van der Waals surface area contributed by atoms with E-state index in [0.29, 0.717) is 0 Å². The quantitative estimate of drug-likeness (QED) is 0.819. The first-order valence-corrected chi connectivity index (χ1v) is 6.35. The SMILES string of the molecule is Nc1ccc2c(c1)N(Cc1ccncc1)CCC2. The van der Waals surface area contributed by atoms with Gasteiger partial charge in [-0.3, -0.25) is 4.98 Å². The lowest BCUT2D eigenvalue weighted by Crippen LogP contribution is -2.28. The Hall–Kier alpha value is -2.03. The van der Waals surface area contributed by atoms with E-state index in [9.17, 15) is 0 Å². The molecule has 0 atom stereocenters. The topological polar surface area (TPSA) is 42.1 Å². The zero-order valence-corrected chi connectivity index (χ0v) is 10.3. The minimum Gasteiger partial charge on any atom is -0.399 e. The van der Waals surface area contributed by atoms with E-state index in [0.717, 1.165) is 25.2 Å². The van der Waals surface area contributed by atoms with Crippen molar-refractivity contribution in [2.24, 2.45) is 0 Å². The molecular formula is C15H17N3. The third kappa shape index (κ3) is 2.16. The Morgan fingerprint density at radius 1 is 1.17 bits per heavy atom. The summed E-state index contributed by atoms with van der Waals surface area (Å²) in [6.45, 7) is 2.03. The highest BCUT2D eigenvalue weighted by Gasteiger charge is 2.16. The Balaban J connectivity index is 1.89. The van der Waals surface area contributed by atoms with Gasteiger partial charge in [-0.1, -0.05) is 6.07 Å². The summed E-state index contributed by atoms with van der Waals surface area (Å²) in [7, 11) is 0.